The first-order valence-corrected chi connectivity index (χ1v) is 11.3. The lowest BCUT2D eigenvalue weighted by Crippen LogP contribution is -2.43. The Labute approximate surface area is 182 Å². The van der Waals surface area contributed by atoms with Crippen molar-refractivity contribution in [1.82, 2.24) is 14.8 Å². The lowest BCUT2D eigenvalue weighted by molar-refractivity contribution is -0.137. The number of alkyl halides is 3. The number of hydrogen-bond acceptors (Lipinski definition) is 4. The van der Waals surface area contributed by atoms with Gasteiger partial charge < -0.3 is 9.80 Å². The molecule has 9 heteroatoms. The van der Waals surface area contributed by atoms with Crippen LogP contribution in [-0.2, 0) is 11.0 Å². The van der Waals surface area contributed by atoms with Gasteiger partial charge in [0.05, 0.1) is 11.3 Å². The predicted octanol–water partition coefficient (Wildman–Crippen LogP) is 4.61. The number of piperidine rings is 1. The van der Waals surface area contributed by atoms with Crippen LogP contribution in [0.4, 0.5) is 13.2 Å². The van der Waals surface area contributed by atoms with Crippen molar-refractivity contribution in [2.45, 2.75) is 38.8 Å². The molecular formula is C22H24F3N3O2S. The van der Waals surface area contributed by atoms with E-state index >= 15 is 0 Å². The van der Waals surface area contributed by atoms with E-state index in [9.17, 15) is 22.8 Å². The Morgan fingerprint density at radius 3 is 2.19 bits per heavy atom. The van der Waals surface area contributed by atoms with E-state index in [1.54, 1.807) is 11.8 Å². The van der Waals surface area contributed by atoms with Crippen LogP contribution in [0.5, 0.6) is 0 Å². The molecule has 2 fully saturated rings. The first-order chi connectivity index (χ1) is 14.7. The van der Waals surface area contributed by atoms with Gasteiger partial charge >= 0.3 is 6.18 Å². The van der Waals surface area contributed by atoms with Gasteiger partial charge in [0.15, 0.2) is 0 Å². The van der Waals surface area contributed by atoms with Crippen molar-refractivity contribution >= 4 is 23.2 Å². The number of hydrogen-bond donors (Lipinski definition) is 0. The molecule has 0 bridgehead atoms. The predicted molar refractivity (Wildman–Crippen MR) is 112 cm³/mol. The highest BCUT2D eigenvalue weighted by Crippen LogP contribution is 2.34. The number of nitrogens with zero attached hydrogens (tertiary/aromatic N) is 3. The molecule has 0 unspecified atom stereocenters. The number of carbonyl (C=O) groups is 2. The van der Waals surface area contributed by atoms with Gasteiger partial charge in [0.1, 0.15) is 9.88 Å². The van der Waals surface area contributed by atoms with Crippen molar-refractivity contribution < 1.29 is 22.8 Å². The molecule has 4 rings (SSSR count). The van der Waals surface area contributed by atoms with Gasteiger partial charge in [-0.2, -0.15) is 13.2 Å². The molecule has 2 saturated heterocycles. The lowest BCUT2D eigenvalue weighted by Gasteiger charge is -2.33. The first-order valence-electron chi connectivity index (χ1n) is 10.5. The molecule has 0 aliphatic carbocycles. The molecule has 31 heavy (non-hydrogen) atoms. The van der Waals surface area contributed by atoms with Crippen LogP contribution in [0, 0.1) is 12.8 Å². The standard InChI is InChI=1S/C22H24F3N3O2S/c1-14-18(31-19(26-14)15-4-6-17(7-5-15)22(23,24)25)21(30)28-12-8-16(9-13-28)20(29)27-10-2-3-11-27/h4-7,16H,2-3,8-13H2,1H3. The molecular weight excluding hydrogens is 427 g/mol. The quantitative estimate of drug-likeness (QED) is 0.685. The van der Waals surface area contributed by atoms with Gasteiger partial charge in [-0.25, -0.2) is 4.98 Å². The Kier molecular flexibility index (Phi) is 6.05. The fraction of sp³-hybridized carbons (Fsp3) is 0.500. The minimum atomic E-state index is -4.39. The summed E-state index contributed by atoms with van der Waals surface area (Å²) in [5.74, 6) is 0.0656. The van der Waals surface area contributed by atoms with Gasteiger partial charge in [0.25, 0.3) is 5.91 Å². The van der Waals surface area contributed by atoms with E-state index in [4.69, 9.17) is 0 Å². The minimum Gasteiger partial charge on any atom is -0.342 e. The second-order valence-corrected chi connectivity index (χ2v) is 9.11. The summed E-state index contributed by atoms with van der Waals surface area (Å²) in [6, 6.07) is 4.81. The summed E-state index contributed by atoms with van der Waals surface area (Å²) in [4.78, 5) is 34.2. The van der Waals surface area contributed by atoms with Crippen LogP contribution in [0.25, 0.3) is 10.6 Å². The number of carbonyl (C=O) groups excluding carboxylic acids is 2. The number of likely N-dealkylation sites (tertiary alicyclic amines) is 2. The molecule has 0 radical (unpaired) electrons. The van der Waals surface area contributed by atoms with E-state index in [2.05, 4.69) is 4.98 Å². The van der Waals surface area contributed by atoms with Gasteiger partial charge in [-0.15, -0.1) is 11.3 Å². The molecule has 0 saturated carbocycles. The second kappa shape index (κ2) is 8.61. The van der Waals surface area contributed by atoms with Crippen molar-refractivity contribution in [3.8, 4) is 10.6 Å². The van der Waals surface area contributed by atoms with Crippen LogP contribution in [0.1, 0.15) is 46.6 Å². The van der Waals surface area contributed by atoms with E-state index in [0.717, 1.165) is 38.1 Å². The number of halogens is 3. The maximum atomic E-state index is 13.0. The molecule has 2 aromatic rings. The summed E-state index contributed by atoms with van der Waals surface area (Å²) in [5, 5.41) is 0.522. The molecule has 0 spiro atoms. The van der Waals surface area contributed by atoms with E-state index < -0.39 is 11.7 Å². The Morgan fingerprint density at radius 2 is 1.61 bits per heavy atom. The second-order valence-electron chi connectivity index (χ2n) is 8.11. The third kappa shape index (κ3) is 4.61. The third-order valence-electron chi connectivity index (χ3n) is 6.00. The van der Waals surface area contributed by atoms with Crippen molar-refractivity contribution in [2.24, 2.45) is 5.92 Å². The monoisotopic (exact) mass is 451 g/mol. The van der Waals surface area contributed by atoms with Crippen molar-refractivity contribution in [3.63, 3.8) is 0 Å². The highest BCUT2D eigenvalue weighted by atomic mass is 32.1. The molecule has 2 amide bonds. The summed E-state index contributed by atoms with van der Waals surface area (Å²) in [6.07, 6.45) is -0.944. The van der Waals surface area contributed by atoms with Crippen molar-refractivity contribution in [1.29, 1.82) is 0 Å². The van der Waals surface area contributed by atoms with E-state index in [1.807, 2.05) is 4.90 Å². The topological polar surface area (TPSA) is 53.5 Å². The molecule has 5 nitrogen and oxygen atoms in total. The average molecular weight is 452 g/mol. The molecule has 166 valence electrons. The third-order valence-corrected chi connectivity index (χ3v) is 7.19. The Bertz CT molecular complexity index is 957. The zero-order chi connectivity index (χ0) is 22.2. The SMILES string of the molecule is Cc1nc(-c2ccc(C(F)(F)F)cc2)sc1C(=O)N1CCC(C(=O)N2CCCC2)CC1. The Morgan fingerprint density at radius 1 is 1.00 bits per heavy atom. The van der Waals surface area contributed by atoms with Crippen LogP contribution in [0.2, 0.25) is 0 Å². The fourth-order valence-electron chi connectivity index (χ4n) is 4.19. The van der Waals surface area contributed by atoms with Gasteiger partial charge in [-0.1, -0.05) is 12.1 Å². The Balaban J connectivity index is 1.42. The average Bonchev–Trinajstić information content (AvgIpc) is 3.42. The smallest absolute Gasteiger partial charge is 0.342 e. The fourth-order valence-corrected chi connectivity index (χ4v) is 5.23. The highest BCUT2D eigenvalue weighted by Gasteiger charge is 2.33. The van der Waals surface area contributed by atoms with Crippen LogP contribution in [0.3, 0.4) is 0 Å². The van der Waals surface area contributed by atoms with Crippen LogP contribution < -0.4 is 0 Å². The maximum absolute atomic E-state index is 13.0. The number of aromatic nitrogens is 1. The number of thiazole rings is 1. The van der Waals surface area contributed by atoms with E-state index in [0.29, 0.717) is 47.1 Å². The summed E-state index contributed by atoms with van der Waals surface area (Å²) in [6.45, 7) is 4.46. The zero-order valence-electron chi connectivity index (χ0n) is 17.2. The molecule has 1 aromatic carbocycles. The van der Waals surface area contributed by atoms with Crippen molar-refractivity contribution in [2.75, 3.05) is 26.2 Å². The highest BCUT2D eigenvalue weighted by molar-refractivity contribution is 7.17. The summed E-state index contributed by atoms with van der Waals surface area (Å²) in [5.41, 5.74) is 0.405. The number of benzene rings is 1. The zero-order valence-corrected chi connectivity index (χ0v) is 18.1. The largest absolute Gasteiger partial charge is 0.416 e. The number of amides is 2. The van der Waals surface area contributed by atoms with Gasteiger partial charge in [0.2, 0.25) is 5.91 Å². The molecule has 2 aliphatic rings. The van der Waals surface area contributed by atoms with Crippen LogP contribution in [0.15, 0.2) is 24.3 Å². The molecule has 0 N–H and O–H groups in total. The molecule has 0 atom stereocenters. The normalized spacial score (nSPS) is 17.9. The number of rotatable bonds is 3. The Hall–Kier alpha value is -2.42. The van der Waals surface area contributed by atoms with Crippen LogP contribution >= 0.6 is 11.3 Å². The summed E-state index contributed by atoms with van der Waals surface area (Å²) < 4.78 is 38.3. The van der Waals surface area contributed by atoms with E-state index in [1.165, 1.54) is 23.5 Å². The van der Waals surface area contributed by atoms with E-state index in [-0.39, 0.29) is 17.7 Å². The van der Waals surface area contributed by atoms with Gasteiger partial charge in [0, 0.05) is 37.7 Å². The first kappa shape index (κ1) is 21.8. The molecule has 3 heterocycles. The lowest BCUT2D eigenvalue weighted by atomic mass is 9.95. The summed E-state index contributed by atoms with van der Waals surface area (Å²) >= 11 is 1.20. The van der Waals surface area contributed by atoms with Crippen molar-refractivity contribution in [3.05, 3.63) is 40.4 Å². The minimum absolute atomic E-state index is 0.0209. The number of aryl methyl sites for hydroxylation is 1. The van der Waals surface area contributed by atoms with Crippen LogP contribution in [-0.4, -0.2) is 52.8 Å². The van der Waals surface area contributed by atoms with Gasteiger partial charge in [-0.05, 0) is 44.7 Å². The molecule has 2 aliphatic heterocycles. The summed E-state index contributed by atoms with van der Waals surface area (Å²) in [7, 11) is 0. The molecule has 1 aromatic heterocycles. The maximum Gasteiger partial charge on any atom is 0.416 e. The van der Waals surface area contributed by atoms with Gasteiger partial charge in [-0.3, -0.25) is 9.59 Å².